The molecule has 116 valence electrons. The molecule has 1 N–H and O–H groups in total. The minimum Gasteiger partial charge on any atom is -0.478 e. The highest BCUT2D eigenvalue weighted by molar-refractivity contribution is 7.11. The molecule has 1 aromatic carbocycles. The van der Waals surface area contributed by atoms with Gasteiger partial charge in [0.05, 0.1) is 0 Å². The van der Waals surface area contributed by atoms with E-state index in [1.54, 1.807) is 11.6 Å². The summed E-state index contributed by atoms with van der Waals surface area (Å²) in [6, 6.07) is 6.07. The van der Waals surface area contributed by atoms with Crippen molar-refractivity contribution in [3.63, 3.8) is 0 Å². The van der Waals surface area contributed by atoms with Gasteiger partial charge in [-0.1, -0.05) is 17.2 Å². The molecule has 0 radical (unpaired) electrons. The van der Waals surface area contributed by atoms with Gasteiger partial charge in [0.25, 0.3) is 0 Å². The summed E-state index contributed by atoms with van der Waals surface area (Å²) in [7, 11) is 0. The third kappa shape index (κ3) is 3.35. The lowest BCUT2D eigenvalue weighted by molar-refractivity contribution is -0.130. The lowest BCUT2D eigenvalue weighted by Gasteiger charge is -2.01. The van der Waals surface area contributed by atoms with Crippen LogP contribution in [0.5, 0.6) is 0 Å². The van der Waals surface area contributed by atoms with Crippen LogP contribution in [0.2, 0.25) is 0 Å². The van der Waals surface area contributed by atoms with Gasteiger partial charge >= 0.3 is 5.97 Å². The molecule has 0 saturated carbocycles. The van der Waals surface area contributed by atoms with Crippen LogP contribution in [-0.2, 0) is 4.79 Å². The van der Waals surface area contributed by atoms with Crippen LogP contribution in [0.25, 0.3) is 23.2 Å². The molecule has 2 aromatic heterocycles. The van der Waals surface area contributed by atoms with Gasteiger partial charge in [0.15, 0.2) is 5.82 Å². The fraction of sp³-hybridized carbons (Fsp3) is 0.125. The number of hydrogen-bond acceptors (Lipinski definition) is 5. The molecule has 0 saturated heterocycles. The number of carbonyl (C=O) groups is 1. The lowest BCUT2D eigenvalue weighted by Crippen LogP contribution is -2.01. The molecule has 0 aliphatic heterocycles. The zero-order chi connectivity index (χ0) is 16.4. The Morgan fingerprint density at radius 3 is 2.57 bits per heavy atom. The summed E-state index contributed by atoms with van der Waals surface area (Å²) >= 11 is 1.26. The van der Waals surface area contributed by atoms with Crippen LogP contribution in [0.1, 0.15) is 16.1 Å². The first-order valence-corrected chi connectivity index (χ1v) is 7.75. The Hall–Kier alpha value is -2.80. The second kappa shape index (κ2) is 6.13. The van der Waals surface area contributed by atoms with E-state index in [0.717, 1.165) is 16.7 Å². The van der Waals surface area contributed by atoms with Crippen LogP contribution in [0.4, 0.5) is 0 Å². The largest absolute Gasteiger partial charge is 0.478 e. The summed E-state index contributed by atoms with van der Waals surface area (Å²) in [5.74, 6) is -0.500. The lowest BCUT2D eigenvalue weighted by atomic mass is 10.1. The van der Waals surface area contributed by atoms with Crippen molar-refractivity contribution < 1.29 is 9.90 Å². The Morgan fingerprint density at radius 2 is 1.96 bits per heavy atom. The van der Waals surface area contributed by atoms with E-state index in [2.05, 4.69) is 21.1 Å². The maximum Gasteiger partial charge on any atom is 0.340 e. The Morgan fingerprint density at radius 1 is 1.22 bits per heavy atom. The highest BCUT2D eigenvalue weighted by Crippen LogP contribution is 2.20. The van der Waals surface area contributed by atoms with Crippen molar-refractivity contribution in [1.82, 2.24) is 19.7 Å². The molecule has 0 unspecified atom stereocenters. The fourth-order valence-electron chi connectivity index (χ4n) is 2.26. The van der Waals surface area contributed by atoms with Crippen molar-refractivity contribution in [2.75, 3.05) is 0 Å². The molecule has 7 heteroatoms. The highest BCUT2D eigenvalue weighted by Gasteiger charge is 2.14. The number of benzene rings is 1. The van der Waals surface area contributed by atoms with Gasteiger partial charge < -0.3 is 5.11 Å². The van der Waals surface area contributed by atoms with Crippen molar-refractivity contribution in [3.05, 3.63) is 52.2 Å². The normalized spacial score (nSPS) is 11.7. The Bertz CT molecular complexity index is 861. The number of nitrogens with zero attached hydrogens (tertiary/aromatic N) is 4. The summed E-state index contributed by atoms with van der Waals surface area (Å²) in [5, 5.41) is 15.8. The molecular formula is C16H14N4O2S. The van der Waals surface area contributed by atoms with E-state index in [9.17, 15) is 9.90 Å². The van der Waals surface area contributed by atoms with Crippen molar-refractivity contribution in [3.8, 4) is 11.4 Å². The Labute approximate surface area is 136 Å². The maximum atomic E-state index is 11.4. The van der Waals surface area contributed by atoms with Crippen molar-refractivity contribution in [2.24, 2.45) is 0 Å². The van der Waals surface area contributed by atoms with Gasteiger partial charge in [0, 0.05) is 23.3 Å². The number of thiazole rings is 1. The quantitative estimate of drug-likeness (QED) is 0.745. The summed E-state index contributed by atoms with van der Waals surface area (Å²) < 4.78 is 1.40. The molecule has 0 atom stereocenters. The third-order valence-corrected chi connectivity index (χ3v) is 3.95. The SMILES string of the molecule is Cc1cc(C)cc(-c2ncn(/C=C(/C(=O)O)c3nccs3)n2)c1. The van der Waals surface area contributed by atoms with Crippen LogP contribution in [0, 0.1) is 13.8 Å². The molecule has 3 rings (SSSR count). The topological polar surface area (TPSA) is 80.9 Å². The van der Waals surface area contributed by atoms with E-state index >= 15 is 0 Å². The van der Waals surface area contributed by atoms with Gasteiger partial charge in [0.1, 0.15) is 16.9 Å². The van der Waals surface area contributed by atoms with Gasteiger partial charge in [-0.25, -0.2) is 19.4 Å². The van der Waals surface area contributed by atoms with Crippen LogP contribution in [-0.4, -0.2) is 30.8 Å². The van der Waals surface area contributed by atoms with E-state index in [4.69, 9.17) is 0 Å². The predicted octanol–water partition coefficient (Wildman–Crippen LogP) is 3.10. The van der Waals surface area contributed by atoms with E-state index < -0.39 is 5.97 Å². The molecule has 0 aliphatic rings. The van der Waals surface area contributed by atoms with Crippen LogP contribution >= 0.6 is 11.3 Å². The van der Waals surface area contributed by atoms with E-state index in [0.29, 0.717) is 10.8 Å². The van der Waals surface area contributed by atoms with Crippen molar-refractivity contribution in [1.29, 1.82) is 0 Å². The fourth-order valence-corrected chi connectivity index (χ4v) is 2.90. The van der Waals surface area contributed by atoms with Crippen LogP contribution in [0.3, 0.4) is 0 Å². The zero-order valence-corrected chi connectivity index (χ0v) is 13.4. The van der Waals surface area contributed by atoms with E-state index in [-0.39, 0.29) is 5.57 Å². The smallest absolute Gasteiger partial charge is 0.340 e. The first-order chi connectivity index (χ1) is 11.0. The number of hydrogen-bond donors (Lipinski definition) is 1. The predicted molar refractivity (Wildman–Crippen MR) is 88.8 cm³/mol. The number of rotatable bonds is 4. The molecular weight excluding hydrogens is 312 g/mol. The number of aryl methyl sites for hydroxylation is 2. The summed E-state index contributed by atoms with van der Waals surface area (Å²) in [5.41, 5.74) is 3.24. The van der Waals surface area contributed by atoms with Gasteiger partial charge in [-0.05, 0) is 26.0 Å². The van der Waals surface area contributed by atoms with Gasteiger partial charge in [0.2, 0.25) is 0 Å². The average Bonchev–Trinajstić information content (AvgIpc) is 3.15. The van der Waals surface area contributed by atoms with Gasteiger partial charge in [-0.3, -0.25) is 0 Å². The molecule has 0 spiro atoms. The van der Waals surface area contributed by atoms with E-state index in [1.807, 2.05) is 26.0 Å². The standard InChI is InChI=1S/C16H14N4O2S/c1-10-5-11(2)7-12(6-10)14-18-9-20(19-14)8-13(16(21)22)15-17-3-4-23-15/h3-9H,1-2H3,(H,21,22)/b13-8+. The minimum atomic E-state index is -1.05. The summed E-state index contributed by atoms with van der Waals surface area (Å²) in [6.07, 6.45) is 4.48. The number of carboxylic acids is 1. The molecule has 6 nitrogen and oxygen atoms in total. The molecule has 0 fully saturated rings. The van der Waals surface area contributed by atoms with Gasteiger partial charge in [-0.2, -0.15) is 0 Å². The Kier molecular flexibility index (Phi) is 4.03. The molecule has 0 aliphatic carbocycles. The van der Waals surface area contributed by atoms with E-state index in [1.165, 1.54) is 28.5 Å². The molecule has 0 bridgehead atoms. The van der Waals surface area contributed by atoms with Gasteiger partial charge in [-0.15, -0.1) is 16.4 Å². The summed E-state index contributed by atoms with van der Waals surface area (Å²) in [6.45, 7) is 4.02. The summed E-state index contributed by atoms with van der Waals surface area (Å²) in [4.78, 5) is 19.7. The zero-order valence-electron chi connectivity index (χ0n) is 12.6. The molecule has 23 heavy (non-hydrogen) atoms. The third-order valence-electron chi connectivity index (χ3n) is 3.14. The second-order valence-electron chi connectivity index (χ2n) is 5.11. The minimum absolute atomic E-state index is 0.0804. The average molecular weight is 326 g/mol. The van der Waals surface area contributed by atoms with Crippen molar-refractivity contribution in [2.45, 2.75) is 13.8 Å². The second-order valence-corrected chi connectivity index (χ2v) is 6.00. The monoisotopic (exact) mass is 326 g/mol. The maximum absolute atomic E-state index is 11.4. The Balaban J connectivity index is 1.98. The van der Waals surface area contributed by atoms with Crippen LogP contribution < -0.4 is 0 Å². The molecule has 3 aromatic rings. The van der Waals surface area contributed by atoms with Crippen molar-refractivity contribution >= 4 is 29.1 Å². The first kappa shape index (κ1) is 15.1. The molecule has 0 amide bonds. The van der Waals surface area contributed by atoms with Crippen LogP contribution in [0.15, 0.2) is 36.1 Å². The number of aromatic nitrogens is 4. The molecule has 2 heterocycles. The number of carboxylic acid groups (broad SMARTS) is 1. The number of aliphatic carboxylic acids is 1. The highest BCUT2D eigenvalue weighted by atomic mass is 32.1. The first-order valence-electron chi connectivity index (χ1n) is 6.88.